The van der Waals surface area contributed by atoms with Crippen molar-refractivity contribution in [3.63, 3.8) is 0 Å². The highest BCUT2D eigenvalue weighted by molar-refractivity contribution is 5.85. The summed E-state index contributed by atoms with van der Waals surface area (Å²) >= 11 is 0. The molecule has 0 unspecified atom stereocenters. The molecule has 1 N–H and O–H groups in total. The zero-order chi connectivity index (χ0) is 11.7. The maximum Gasteiger partial charge on any atom is 0.137 e. The van der Waals surface area contributed by atoms with E-state index in [0.717, 1.165) is 24.4 Å². The van der Waals surface area contributed by atoms with E-state index in [4.69, 9.17) is 4.42 Å². The molecule has 0 amide bonds. The Bertz CT molecular complexity index is 511. The van der Waals surface area contributed by atoms with Crippen LogP contribution in [0.4, 0.5) is 0 Å². The van der Waals surface area contributed by atoms with Crippen molar-refractivity contribution in [3.05, 3.63) is 34.6 Å². The molecule has 86 valence electrons. The molecular weight excluding hydrogens is 198 g/mol. The summed E-state index contributed by atoms with van der Waals surface area (Å²) in [6.45, 7) is 10.3. The van der Waals surface area contributed by atoms with Crippen molar-refractivity contribution in [1.82, 2.24) is 5.32 Å². The van der Waals surface area contributed by atoms with Crippen LogP contribution in [0.25, 0.3) is 11.0 Å². The summed E-state index contributed by atoms with van der Waals surface area (Å²) < 4.78 is 5.92. The molecule has 0 saturated heterocycles. The minimum Gasteiger partial charge on any atom is -0.459 e. The molecule has 2 nitrogen and oxygen atoms in total. The van der Waals surface area contributed by atoms with Crippen molar-refractivity contribution >= 4 is 11.0 Å². The average Bonchev–Trinajstić information content (AvgIpc) is 2.54. The highest BCUT2D eigenvalue weighted by Crippen LogP contribution is 2.28. The molecule has 1 aromatic heterocycles. The first-order valence-corrected chi connectivity index (χ1v) is 5.83. The van der Waals surface area contributed by atoms with Crippen molar-refractivity contribution in [2.75, 3.05) is 6.54 Å². The van der Waals surface area contributed by atoms with Crippen LogP contribution < -0.4 is 5.32 Å². The molecule has 0 bridgehead atoms. The third-order valence-electron chi connectivity index (χ3n) is 3.00. The molecule has 0 aliphatic carbocycles. The van der Waals surface area contributed by atoms with Gasteiger partial charge in [0, 0.05) is 5.39 Å². The zero-order valence-electron chi connectivity index (χ0n) is 10.5. The molecular formula is C14H19NO. The van der Waals surface area contributed by atoms with Gasteiger partial charge in [-0.25, -0.2) is 0 Å². The molecule has 1 heterocycles. The Balaban J connectivity index is 2.54. The summed E-state index contributed by atoms with van der Waals surface area (Å²) in [4.78, 5) is 0. The quantitative estimate of drug-likeness (QED) is 0.851. The zero-order valence-corrected chi connectivity index (χ0v) is 10.5. The van der Waals surface area contributed by atoms with E-state index in [9.17, 15) is 0 Å². The fourth-order valence-corrected chi connectivity index (χ4v) is 2.13. The molecule has 0 radical (unpaired) electrons. The Hall–Kier alpha value is -1.28. The summed E-state index contributed by atoms with van der Waals surface area (Å²) in [6.07, 6.45) is 0. The Morgan fingerprint density at radius 3 is 2.62 bits per heavy atom. The summed E-state index contributed by atoms with van der Waals surface area (Å²) in [5.74, 6) is 1.06. The number of nitrogens with one attached hydrogen (secondary N) is 1. The van der Waals surface area contributed by atoms with Crippen LogP contribution in [0.15, 0.2) is 16.5 Å². The topological polar surface area (TPSA) is 25.2 Å². The van der Waals surface area contributed by atoms with Crippen molar-refractivity contribution < 1.29 is 4.42 Å². The standard InChI is InChI=1S/C14H19NO/c1-5-15-8-13-11(4)12-7-9(2)6-10(3)14(12)16-13/h6-7,15H,5,8H2,1-4H3. The predicted octanol–water partition coefficient (Wildman–Crippen LogP) is 3.47. The van der Waals surface area contributed by atoms with E-state index >= 15 is 0 Å². The first kappa shape index (κ1) is 11.2. The number of fused-ring (bicyclic) bond motifs is 1. The Morgan fingerprint density at radius 2 is 1.94 bits per heavy atom. The van der Waals surface area contributed by atoms with E-state index in [1.165, 1.54) is 22.1 Å². The average molecular weight is 217 g/mol. The highest BCUT2D eigenvalue weighted by Gasteiger charge is 2.11. The molecule has 0 aliphatic rings. The lowest BCUT2D eigenvalue weighted by atomic mass is 10.1. The van der Waals surface area contributed by atoms with Crippen LogP contribution in [-0.2, 0) is 6.54 Å². The van der Waals surface area contributed by atoms with Gasteiger partial charge in [-0.05, 0) is 50.1 Å². The first-order chi connectivity index (χ1) is 7.63. The maximum atomic E-state index is 5.92. The largest absolute Gasteiger partial charge is 0.459 e. The van der Waals surface area contributed by atoms with E-state index in [1.807, 2.05) is 0 Å². The number of furan rings is 1. The van der Waals surface area contributed by atoms with E-state index in [1.54, 1.807) is 0 Å². The van der Waals surface area contributed by atoms with Crippen LogP contribution in [0.1, 0.15) is 29.4 Å². The van der Waals surface area contributed by atoms with E-state index in [2.05, 4.69) is 45.1 Å². The second-order valence-electron chi connectivity index (χ2n) is 4.39. The molecule has 0 saturated carbocycles. The lowest BCUT2D eigenvalue weighted by molar-refractivity contribution is 0.515. The number of aryl methyl sites for hydroxylation is 3. The maximum absolute atomic E-state index is 5.92. The highest BCUT2D eigenvalue weighted by atomic mass is 16.3. The normalized spacial score (nSPS) is 11.2. The molecule has 0 atom stereocenters. The van der Waals surface area contributed by atoms with Gasteiger partial charge in [0.2, 0.25) is 0 Å². The summed E-state index contributed by atoms with van der Waals surface area (Å²) in [6, 6.07) is 4.37. The number of hydrogen-bond donors (Lipinski definition) is 1. The molecule has 2 aromatic rings. The van der Waals surface area contributed by atoms with Crippen LogP contribution in [0.2, 0.25) is 0 Å². The van der Waals surface area contributed by atoms with Gasteiger partial charge in [0.15, 0.2) is 0 Å². The minimum atomic E-state index is 0.815. The summed E-state index contributed by atoms with van der Waals surface area (Å²) in [7, 11) is 0. The van der Waals surface area contributed by atoms with Crippen LogP contribution in [0, 0.1) is 20.8 Å². The van der Waals surface area contributed by atoms with Crippen LogP contribution in [0.5, 0.6) is 0 Å². The van der Waals surface area contributed by atoms with Crippen LogP contribution >= 0.6 is 0 Å². The van der Waals surface area contributed by atoms with Gasteiger partial charge in [0.05, 0.1) is 6.54 Å². The first-order valence-electron chi connectivity index (χ1n) is 5.83. The Kier molecular flexibility index (Phi) is 3.01. The smallest absolute Gasteiger partial charge is 0.137 e. The van der Waals surface area contributed by atoms with Crippen LogP contribution in [0.3, 0.4) is 0 Å². The van der Waals surface area contributed by atoms with Gasteiger partial charge in [0.1, 0.15) is 11.3 Å². The van der Waals surface area contributed by atoms with E-state index in [0.29, 0.717) is 0 Å². The molecule has 16 heavy (non-hydrogen) atoms. The summed E-state index contributed by atoms with van der Waals surface area (Å²) in [5, 5.41) is 4.56. The van der Waals surface area contributed by atoms with Gasteiger partial charge in [-0.1, -0.05) is 13.0 Å². The minimum absolute atomic E-state index is 0.815. The second-order valence-corrected chi connectivity index (χ2v) is 4.39. The third-order valence-corrected chi connectivity index (χ3v) is 3.00. The van der Waals surface area contributed by atoms with Crippen molar-refractivity contribution in [2.45, 2.75) is 34.2 Å². The molecule has 2 rings (SSSR count). The SMILES string of the molecule is CCNCc1oc2c(C)cc(C)cc2c1C. The monoisotopic (exact) mass is 217 g/mol. The van der Waals surface area contributed by atoms with Crippen molar-refractivity contribution in [3.8, 4) is 0 Å². The number of rotatable bonds is 3. The Morgan fingerprint density at radius 1 is 1.19 bits per heavy atom. The lowest BCUT2D eigenvalue weighted by Crippen LogP contribution is -2.11. The van der Waals surface area contributed by atoms with Gasteiger partial charge in [-0.15, -0.1) is 0 Å². The Labute approximate surface area is 96.6 Å². The summed E-state index contributed by atoms with van der Waals surface area (Å²) in [5.41, 5.74) is 4.82. The lowest BCUT2D eigenvalue weighted by Gasteiger charge is -1.98. The molecule has 0 fully saturated rings. The van der Waals surface area contributed by atoms with Gasteiger partial charge >= 0.3 is 0 Å². The molecule has 1 aromatic carbocycles. The van der Waals surface area contributed by atoms with Crippen molar-refractivity contribution in [1.29, 1.82) is 0 Å². The van der Waals surface area contributed by atoms with Gasteiger partial charge in [-0.2, -0.15) is 0 Å². The fraction of sp³-hybridized carbons (Fsp3) is 0.429. The molecule has 0 aliphatic heterocycles. The van der Waals surface area contributed by atoms with Gasteiger partial charge in [0.25, 0.3) is 0 Å². The third kappa shape index (κ3) is 1.85. The number of benzene rings is 1. The fourth-order valence-electron chi connectivity index (χ4n) is 2.13. The van der Waals surface area contributed by atoms with E-state index < -0.39 is 0 Å². The van der Waals surface area contributed by atoms with Crippen molar-refractivity contribution in [2.24, 2.45) is 0 Å². The second kappa shape index (κ2) is 4.30. The van der Waals surface area contributed by atoms with Crippen LogP contribution in [-0.4, -0.2) is 6.54 Å². The number of hydrogen-bond acceptors (Lipinski definition) is 2. The molecule has 0 spiro atoms. The van der Waals surface area contributed by atoms with E-state index in [-0.39, 0.29) is 0 Å². The predicted molar refractivity (Wildman–Crippen MR) is 67.8 cm³/mol. The molecule has 2 heteroatoms. The van der Waals surface area contributed by atoms with Gasteiger partial charge in [-0.3, -0.25) is 0 Å². The van der Waals surface area contributed by atoms with Gasteiger partial charge < -0.3 is 9.73 Å².